The highest BCUT2D eigenvalue weighted by atomic mass is 16.5. The van der Waals surface area contributed by atoms with E-state index >= 15 is 0 Å². The largest absolute Gasteiger partial charge is 0.493 e. The molecule has 1 unspecified atom stereocenters. The van der Waals surface area contributed by atoms with Gasteiger partial charge in [0.25, 0.3) is 0 Å². The van der Waals surface area contributed by atoms with Crippen molar-refractivity contribution >= 4 is 6.09 Å². The molecule has 2 aromatic rings. The Balaban J connectivity index is 2.07. The Kier molecular flexibility index (Phi) is 7.95. The first kappa shape index (κ1) is 21.4. The van der Waals surface area contributed by atoms with E-state index in [0.29, 0.717) is 23.8 Å². The van der Waals surface area contributed by atoms with Gasteiger partial charge in [0.15, 0.2) is 11.5 Å². The number of nitrogens with zero attached hydrogens (tertiary/aromatic N) is 1. The average Bonchev–Trinajstić information content (AvgIpc) is 2.71. The summed E-state index contributed by atoms with van der Waals surface area (Å²) in [6, 6.07) is 13.2. The summed E-state index contributed by atoms with van der Waals surface area (Å²) < 4.78 is 21.5. The van der Waals surface area contributed by atoms with Crippen molar-refractivity contribution in [3.63, 3.8) is 0 Å². The monoisotopic (exact) mass is 388 g/mol. The van der Waals surface area contributed by atoms with Gasteiger partial charge < -0.3 is 29.2 Å². The van der Waals surface area contributed by atoms with E-state index in [0.717, 1.165) is 11.1 Å². The van der Waals surface area contributed by atoms with Gasteiger partial charge in [0.05, 0.1) is 27.4 Å². The number of nitrogens with one attached hydrogen (secondary N) is 1. The summed E-state index contributed by atoms with van der Waals surface area (Å²) in [5.74, 6) is 1.66. The Morgan fingerprint density at radius 1 is 1.00 bits per heavy atom. The minimum Gasteiger partial charge on any atom is -0.493 e. The van der Waals surface area contributed by atoms with Gasteiger partial charge in [-0.1, -0.05) is 30.3 Å². The number of likely N-dealkylation sites (N-methyl/N-ethyl adjacent to an activating group) is 1. The summed E-state index contributed by atoms with van der Waals surface area (Å²) in [7, 11) is 8.58. The summed E-state index contributed by atoms with van der Waals surface area (Å²) in [5.41, 5.74) is 1.86. The fraction of sp³-hybridized carbons (Fsp3) is 0.381. The second-order valence-electron chi connectivity index (χ2n) is 6.38. The van der Waals surface area contributed by atoms with Crippen molar-refractivity contribution in [2.24, 2.45) is 0 Å². The fourth-order valence-corrected chi connectivity index (χ4v) is 2.85. The number of hydrogen-bond acceptors (Lipinski definition) is 6. The zero-order valence-electron chi connectivity index (χ0n) is 17.0. The molecule has 7 heteroatoms. The lowest BCUT2D eigenvalue weighted by molar-refractivity contribution is 0.136. The van der Waals surface area contributed by atoms with Gasteiger partial charge in [0.1, 0.15) is 6.61 Å². The number of carbonyl (C=O) groups excluding carboxylic acids is 1. The van der Waals surface area contributed by atoms with Crippen molar-refractivity contribution in [3.05, 3.63) is 53.6 Å². The topological polar surface area (TPSA) is 69.3 Å². The molecule has 28 heavy (non-hydrogen) atoms. The summed E-state index contributed by atoms with van der Waals surface area (Å²) >= 11 is 0. The molecular weight excluding hydrogens is 360 g/mol. The van der Waals surface area contributed by atoms with Gasteiger partial charge in [-0.05, 0) is 37.4 Å². The van der Waals surface area contributed by atoms with Gasteiger partial charge >= 0.3 is 6.09 Å². The van der Waals surface area contributed by atoms with Crippen LogP contribution < -0.4 is 19.5 Å². The van der Waals surface area contributed by atoms with Crippen molar-refractivity contribution < 1.29 is 23.7 Å². The maximum absolute atomic E-state index is 12.1. The highest BCUT2D eigenvalue weighted by Gasteiger charge is 2.21. The maximum atomic E-state index is 12.1. The third kappa shape index (κ3) is 5.53. The van der Waals surface area contributed by atoms with Crippen molar-refractivity contribution in [2.75, 3.05) is 42.0 Å². The Labute approximate surface area is 166 Å². The molecule has 2 rings (SSSR count). The Bertz CT molecular complexity index is 740. The Hall–Kier alpha value is -2.93. The molecule has 0 saturated heterocycles. The quantitative estimate of drug-likeness (QED) is 0.711. The molecule has 7 nitrogen and oxygen atoms in total. The second kappa shape index (κ2) is 10.4. The summed E-state index contributed by atoms with van der Waals surface area (Å²) in [6.07, 6.45) is -0.469. The molecule has 0 saturated carbocycles. The maximum Gasteiger partial charge on any atom is 0.407 e. The standard InChI is InChI=1S/C21H28N2O5/c1-23(2)17(13-22-21(24)28-14-15-9-7-6-8-10-15)16-11-18(25-3)20(27-5)19(12-16)26-4/h6-12,17H,13-14H2,1-5H3,(H,22,24). The second-order valence-corrected chi connectivity index (χ2v) is 6.38. The smallest absolute Gasteiger partial charge is 0.407 e. The van der Waals surface area contributed by atoms with Crippen molar-refractivity contribution in [1.29, 1.82) is 0 Å². The van der Waals surface area contributed by atoms with Crippen LogP contribution in [0, 0.1) is 0 Å². The third-order valence-electron chi connectivity index (χ3n) is 4.35. The van der Waals surface area contributed by atoms with Crippen LogP contribution >= 0.6 is 0 Å². The summed E-state index contributed by atoms with van der Waals surface area (Å²) in [5, 5.41) is 2.82. The van der Waals surface area contributed by atoms with Crippen LogP contribution in [-0.2, 0) is 11.3 Å². The molecular formula is C21H28N2O5. The Morgan fingerprint density at radius 3 is 2.11 bits per heavy atom. The van der Waals surface area contributed by atoms with Crippen LogP contribution in [0.3, 0.4) is 0 Å². The van der Waals surface area contributed by atoms with Gasteiger partial charge in [-0.3, -0.25) is 0 Å². The summed E-state index contributed by atoms with van der Waals surface area (Å²) in [4.78, 5) is 14.1. The molecule has 2 aromatic carbocycles. The highest BCUT2D eigenvalue weighted by Crippen LogP contribution is 2.40. The van der Waals surface area contributed by atoms with Crippen LogP contribution in [0.25, 0.3) is 0 Å². The van der Waals surface area contributed by atoms with Crippen LogP contribution in [0.2, 0.25) is 0 Å². The number of ether oxygens (including phenoxy) is 4. The lowest BCUT2D eigenvalue weighted by Gasteiger charge is -2.26. The van der Waals surface area contributed by atoms with E-state index in [-0.39, 0.29) is 12.6 Å². The van der Waals surface area contributed by atoms with Gasteiger partial charge in [-0.2, -0.15) is 0 Å². The number of methoxy groups -OCH3 is 3. The first-order chi connectivity index (χ1) is 13.5. The molecule has 1 N–H and O–H groups in total. The zero-order valence-corrected chi connectivity index (χ0v) is 17.0. The lowest BCUT2D eigenvalue weighted by atomic mass is 10.0. The van der Waals surface area contributed by atoms with Crippen LogP contribution in [-0.4, -0.2) is 53.0 Å². The predicted octanol–water partition coefficient (Wildman–Crippen LogP) is 3.24. The number of benzene rings is 2. The fourth-order valence-electron chi connectivity index (χ4n) is 2.85. The number of alkyl carbamates (subject to hydrolysis) is 1. The molecule has 1 atom stereocenters. The van der Waals surface area contributed by atoms with E-state index in [1.54, 1.807) is 21.3 Å². The van der Waals surface area contributed by atoms with Crippen molar-refractivity contribution in [2.45, 2.75) is 12.6 Å². The minimum absolute atomic E-state index is 0.113. The molecule has 0 heterocycles. The molecule has 0 fully saturated rings. The molecule has 0 radical (unpaired) electrons. The molecule has 0 bridgehead atoms. The van der Waals surface area contributed by atoms with Crippen LogP contribution in [0.1, 0.15) is 17.2 Å². The molecule has 1 amide bonds. The SMILES string of the molecule is COc1cc(C(CNC(=O)OCc2ccccc2)N(C)C)cc(OC)c1OC. The van der Waals surface area contributed by atoms with E-state index in [1.807, 2.05) is 61.5 Å². The lowest BCUT2D eigenvalue weighted by Crippen LogP contribution is -2.34. The molecule has 0 aliphatic carbocycles. The predicted molar refractivity (Wildman–Crippen MR) is 107 cm³/mol. The van der Waals surface area contributed by atoms with Crippen molar-refractivity contribution in [3.8, 4) is 17.2 Å². The number of hydrogen-bond donors (Lipinski definition) is 1. The average molecular weight is 388 g/mol. The minimum atomic E-state index is -0.469. The number of carbonyl (C=O) groups is 1. The number of amides is 1. The molecule has 0 aliphatic rings. The molecule has 0 aliphatic heterocycles. The van der Waals surface area contributed by atoms with E-state index in [1.165, 1.54) is 0 Å². The van der Waals surface area contributed by atoms with Crippen LogP contribution in [0.15, 0.2) is 42.5 Å². The van der Waals surface area contributed by atoms with Gasteiger partial charge in [-0.25, -0.2) is 4.79 Å². The first-order valence-electron chi connectivity index (χ1n) is 8.91. The zero-order chi connectivity index (χ0) is 20.5. The van der Waals surface area contributed by atoms with E-state index in [4.69, 9.17) is 18.9 Å². The van der Waals surface area contributed by atoms with Gasteiger partial charge in [-0.15, -0.1) is 0 Å². The van der Waals surface area contributed by atoms with Crippen LogP contribution in [0.5, 0.6) is 17.2 Å². The Morgan fingerprint density at radius 2 is 1.61 bits per heavy atom. The normalized spacial score (nSPS) is 11.6. The highest BCUT2D eigenvalue weighted by molar-refractivity contribution is 5.67. The van der Waals surface area contributed by atoms with Gasteiger partial charge in [0, 0.05) is 6.54 Å². The third-order valence-corrected chi connectivity index (χ3v) is 4.35. The first-order valence-corrected chi connectivity index (χ1v) is 8.91. The van der Waals surface area contributed by atoms with Crippen LogP contribution in [0.4, 0.5) is 4.79 Å². The van der Waals surface area contributed by atoms with Gasteiger partial charge in [0.2, 0.25) is 5.75 Å². The van der Waals surface area contributed by atoms with Crippen molar-refractivity contribution in [1.82, 2.24) is 10.2 Å². The van der Waals surface area contributed by atoms with E-state index in [9.17, 15) is 4.79 Å². The summed E-state index contributed by atoms with van der Waals surface area (Å²) in [6.45, 7) is 0.586. The number of rotatable bonds is 9. The van der Waals surface area contributed by atoms with E-state index < -0.39 is 6.09 Å². The van der Waals surface area contributed by atoms with E-state index in [2.05, 4.69) is 5.32 Å². The molecule has 0 spiro atoms. The molecule has 0 aromatic heterocycles. The molecule has 152 valence electrons.